The molecule has 35 nitrogen and oxygen atoms in total. The molecule has 0 radical (unpaired) electrons. The van der Waals surface area contributed by atoms with Crippen molar-refractivity contribution in [2.24, 2.45) is 21.1 Å². The molecule has 5 fully saturated rings. The number of likely N-dealkylation sites (tertiary alicyclic amines) is 4. The van der Waals surface area contributed by atoms with Crippen molar-refractivity contribution in [2.45, 2.75) is 121 Å². The van der Waals surface area contributed by atoms with E-state index in [2.05, 4.69) is 124 Å². The summed E-state index contributed by atoms with van der Waals surface area (Å²) in [5, 5.41) is 43.8. The summed E-state index contributed by atoms with van der Waals surface area (Å²) >= 11 is 12.8. The molecular weight excluding hydrogens is 1840 g/mol. The smallest absolute Gasteiger partial charge is 0.275 e. The van der Waals surface area contributed by atoms with E-state index in [4.69, 9.17) is 28.2 Å². The molecule has 17 aromatic heterocycles. The van der Waals surface area contributed by atoms with Gasteiger partial charge in [-0.25, -0.2) is 34.9 Å². The highest BCUT2D eigenvalue weighted by Gasteiger charge is 2.28. The third-order valence-electron chi connectivity index (χ3n) is 28.2. The lowest BCUT2D eigenvalue weighted by atomic mass is 9.93. The van der Waals surface area contributed by atoms with Crippen molar-refractivity contribution >= 4 is 95.4 Å². The minimum atomic E-state index is -0.196. The summed E-state index contributed by atoms with van der Waals surface area (Å²) in [7, 11) is 9.97. The molecule has 143 heavy (non-hydrogen) atoms. The number of hydrogen-bond donors (Lipinski definition) is 1. The Bertz CT molecular complexity index is 8570. The molecule has 0 aliphatic carbocycles. The van der Waals surface area contributed by atoms with Crippen LogP contribution >= 0.6 is 23.2 Å². The highest BCUT2D eigenvalue weighted by molar-refractivity contribution is 6.34. The first-order valence-corrected chi connectivity index (χ1v) is 49.8. The van der Waals surface area contributed by atoms with Crippen LogP contribution in [0.5, 0.6) is 0 Å². The van der Waals surface area contributed by atoms with Gasteiger partial charge in [0.1, 0.15) is 0 Å². The largest absolute Gasteiger partial charge is 0.317 e. The number of nitrogens with one attached hydrogen (secondary N) is 1. The number of piperidine rings is 5. The van der Waals surface area contributed by atoms with Crippen molar-refractivity contribution in [2.75, 3.05) is 92.6 Å². The number of nitrogens with zero attached hydrogens (tertiary/aromatic N) is 29. The minimum absolute atomic E-state index is 0.149. The number of benzene rings is 3. The summed E-state index contributed by atoms with van der Waals surface area (Å²) in [6.45, 7) is 20.9. The summed E-state index contributed by atoms with van der Waals surface area (Å²) < 4.78 is 16.2. The summed E-state index contributed by atoms with van der Waals surface area (Å²) in [5.41, 5.74) is 20.1. The fraction of sp³-hybridized carbons (Fsp3) is 0.340. The van der Waals surface area contributed by atoms with E-state index in [1.807, 2.05) is 202 Å². The van der Waals surface area contributed by atoms with Crippen molar-refractivity contribution in [1.29, 1.82) is 0 Å². The van der Waals surface area contributed by atoms with E-state index in [0.717, 1.165) is 243 Å². The average Bonchev–Trinajstić information content (AvgIpc) is 1.77. The lowest BCUT2D eigenvalue weighted by Crippen LogP contribution is -2.33. The van der Waals surface area contributed by atoms with E-state index >= 15 is 0 Å². The molecule has 0 saturated carbocycles. The van der Waals surface area contributed by atoms with Crippen LogP contribution in [0.3, 0.4) is 0 Å². The summed E-state index contributed by atoms with van der Waals surface area (Å²) in [6, 6.07) is 48.6. The van der Waals surface area contributed by atoms with E-state index in [1.54, 1.807) is 44.4 Å². The van der Waals surface area contributed by atoms with Gasteiger partial charge in [0.15, 0.2) is 39.5 Å². The molecule has 0 atom stereocenters. The monoisotopic (exact) mass is 1950 g/mol. The molecular formula is C106H110Cl2N30O5. The van der Waals surface area contributed by atoms with Gasteiger partial charge in [-0.15, -0.1) is 0 Å². The molecule has 728 valence electrons. The zero-order chi connectivity index (χ0) is 98.5. The maximum Gasteiger partial charge on any atom is 0.275 e. The second kappa shape index (κ2) is 40.4. The van der Waals surface area contributed by atoms with Gasteiger partial charge in [0.25, 0.3) is 27.8 Å². The van der Waals surface area contributed by atoms with Crippen LogP contribution in [0.4, 0.5) is 0 Å². The number of imidazole rings is 2. The van der Waals surface area contributed by atoms with Crippen molar-refractivity contribution in [3.05, 3.63) is 303 Å². The summed E-state index contributed by atoms with van der Waals surface area (Å²) in [5.74, 6) is 1.97. The number of fused-ring (bicyclic) bond motifs is 10. The van der Waals surface area contributed by atoms with Gasteiger partial charge in [0.05, 0.1) is 94.9 Å². The van der Waals surface area contributed by atoms with Crippen LogP contribution in [-0.4, -0.2) is 233 Å². The second-order valence-corrected chi connectivity index (χ2v) is 39.1. The average molecular weight is 1960 g/mol. The topological polar surface area (TPSA) is 349 Å². The lowest BCUT2D eigenvalue weighted by Gasteiger charge is -2.30. The molecule has 37 heteroatoms. The predicted octanol–water partition coefficient (Wildman–Crippen LogP) is 14.1. The second-order valence-electron chi connectivity index (χ2n) is 38.2. The molecule has 5 saturated heterocycles. The van der Waals surface area contributed by atoms with Crippen molar-refractivity contribution in [3.8, 4) is 56.3 Å². The third kappa shape index (κ3) is 20.4. The first-order valence-electron chi connectivity index (χ1n) is 49.0. The van der Waals surface area contributed by atoms with Crippen LogP contribution < -0.4 is 33.1 Å². The Morgan fingerprint density at radius 2 is 0.559 bits per heavy atom. The van der Waals surface area contributed by atoms with Crippen LogP contribution in [-0.2, 0) is 21.1 Å². The van der Waals surface area contributed by atoms with Gasteiger partial charge < -0.3 is 33.7 Å². The number of aromatic nitrogens is 25. The Morgan fingerprint density at radius 1 is 0.294 bits per heavy atom. The van der Waals surface area contributed by atoms with Crippen LogP contribution in [0.1, 0.15) is 148 Å². The van der Waals surface area contributed by atoms with Crippen LogP contribution in [0, 0.1) is 13.8 Å². The highest BCUT2D eigenvalue weighted by Crippen LogP contribution is 2.36. The van der Waals surface area contributed by atoms with Gasteiger partial charge >= 0.3 is 0 Å². The number of pyridine rings is 2. The molecule has 0 amide bonds. The Hall–Kier alpha value is -14.7. The SMILES string of the molecule is CCN1CCC(c2ccc3nc(-c4cc(Cl)c5nc(C)cn5c4)cc(=O)n3n2)CC1.CCN1CCC(c2ccc3nc(-c4ccc5nn(C)cc5c4)cc(=O)n3n2)CC1.CN1CCC(c2ccc3nc(-c4ccc5nn(C)cc5c4)cc(=O)n3n2)CC1.Cc1cn2cc(-c3cc(=O)n4nc(C5CCN(C)CC5)ccc4n3)cc(Cl)c2n1.Cn1cc2cc(-c3cc(=O)n4nc(C5CCNCC5)ccc4n3)ccc2n1. The first kappa shape index (κ1) is 94.5. The van der Waals surface area contributed by atoms with E-state index in [1.165, 1.54) is 34.7 Å². The standard InChI is InChI=1S/C22H23ClN6O.C22H24N6O.C21H21ClN6O.C21H22N6O.C20H20N6O/c1-3-27-8-6-15(7-9-27)18-4-5-20-25-19(11-21(30)29(20)26-18)16-10-17(23)22-24-14(2)12-28(22)13-16;1-3-27-10-8-15(9-11-27)18-6-7-21-23-20(13-22(29)28(21)25-18)16-4-5-19-17(12-16)14-26(2)24-19;1-13-11-27-12-15(9-16(22)21(27)23-13)18-10-20(29)28-19(24-18)4-3-17(25-28)14-5-7-26(2)8-6-14;1-25-9-7-14(8-10-25)17-5-6-20-22-19(12-21(28)27(20)24-17)15-3-4-18-16(11-15)13-26(2)23-18;1-25-12-15-10-14(2-3-17(15)23-25)18-11-20(27)26-19(22-18)5-4-16(24-26)13-6-8-21-9-7-13/h4-5,10-13,15H,3,6-9H2,1-2H3;4-7,12-15H,3,8-11H2,1-2H3;3-4,9-12,14H,5-8H2,1-2H3;3-6,11-14H,7-10H2,1-2H3;2-5,10-13,21H,6-9H2,1H3. The molecule has 1 N–H and O–H groups in total. The number of rotatable bonds is 12. The number of halogens is 2. The molecule has 22 heterocycles. The van der Waals surface area contributed by atoms with Crippen LogP contribution in [0.15, 0.2) is 225 Å². The van der Waals surface area contributed by atoms with Gasteiger partial charge in [0.2, 0.25) is 0 Å². The molecule has 5 aliphatic heterocycles. The zero-order valence-electron chi connectivity index (χ0n) is 81.3. The van der Waals surface area contributed by atoms with Crippen LogP contribution in [0.25, 0.3) is 129 Å². The van der Waals surface area contributed by atoms with Gasteiger partial charge in [-0.2, -0.15) is 63.4 Å². The Morgan fingerprint density at radius 3 is 0.839 bits per heavy atom. The quantitative estimate of drug-likeness (QED) is 0.119. The van der Waals surface area contributed by atoms with Gasteiger partial charge in [0, 0.05) is 168 Å². The Balaban J connectivity index is 0.000000106. The Kier molecular flexibility index (Phi) is 26.7. The van der Waals surface area contributed by atoms with Crippen molar-refractivity contribution in [3.63, 3.8) is 0 Å². The zero-order valence-corrected chi connectivity index (χ0v) is 82.8. The van der Waals surface area contributed by atoms with E-state index in [-0.39, 0.29) is 27.8 Å². The molecule has 0 unspecified atom stereocenters. The van der Waals surface area contributed by atoms with E-state index in [0.29, 0.717) is 108 Å². The predicted molar refractivity (Wildman–Crippen MR) is 555 cm³/mol. The van der Waals surface area contributed by atoms with E-state index in [9.17, 15) is 24.0 Å². The number of aryl methyl sites for hydroxylation is 5. The van der Waals surface area contributed by atoms with Gasteiger partial charge in [-0.1, -0.05) is 55.2 Å². The molecule has 25 rings (SSSR count). The summed E-state index contributed by atoms with van der Waals surface area (Å²) in [4.78, 5) is 106. The number of hydrogen-bond acceptors (Lipinski definition) is 25. The van der Waals surface area contributed by atoms with Gasteiger partial charge in [-0.05, 0) is 280 Å². The molecule has 20 aromatic rings. The van der Waals surface area contributed by atoms with E-state index < -0.39 is 0 Å². The van der Waals surface area contributed by atoms with Crippen molar-refractivity contribution in [1.82, 2.24) is 146 Å². The van der Waals surface area contributed by atoms with Crippen molar-refractivity contribution < 1.29 is 0 Å². The maximum atomic E-state index is 12.9. The van der Waals surface area contributed by atoms with Crippen LogP contribution in [0.2, 0.25) is 10.0 Å². The normalized spacial score (nSPS) is 16.0. The fourth-order valence-electron chi connectivity index (χ4n) is 20.3. The lowest BCUT2D eigenvalue weighted by molar-refractivity contribution is 0.220. The third-order valence-corrected chi connectivity index (χ3v) is 28.8. The van der Waals surface area contributed by atoms with Gasteiger partial charge in [-0.3, -0.25) is 38.0 Å². The first-order chi connectivity index (χ1) is 69.3. The fourth-order valence-corrected chi connectivity index (χ4v) is 20.8. The highest BCUT2D eigenvalue weighted by atomic mass is 35.5. The minimum Gasteiger partial charge on any atom is -0.317 e. The molecule has 0 spiro atoms. The summed E-state index contributed by atoms with van der Waals surface area (Å²) in [6.07, 6.45) is 24.1. The molecule has 0 bridgehead atoms. The molecule has 3 aromatic carbocycles. The molecule has 5 aliphatic rings. The maximum absolute atomic E-state index is 12.9. The Labute approximate surface area is 830 Å².